The van der Waals surface area contributed by atoms with E-state index in [9.17, 15) is 4.79 Å². The first-order valence-electron chi connectivity index (χ1n) is 10.3. The largest absolute Gasteiger partial charge is 0.497 e. The van der Waals surface area contributed by atoms with Crippen molar-refractivity contribution in [3.8, 4) is 5.75 Å². The molecule has 4 rings (SSSR count). The van der Waals surface area contributed by atoms with Crippen LogP contribution in [0.25, 0.3) is 10.2 Å². The highest BCUT2D eigenvalue weighted by Crippen LogP contribution is 2.31. The van der Waals surface area contributed by atoms with Crippen LogP contribution in [0.1, 0.15) is 22.3 Å². The zero-order valence-electron chi connectivity index (χ0n) is 17.9. The third-order valence-electron chi connectivity index (χ3n) is 5.38. The summed E-state index contributed by atoms with van der Waals surface area (Å²) in [5.41, 5.74) is 2.73. The summed E-state index contributed by atoms with van der Waals surface area (Å²) in [5, 5.41) is 0.752. The molecule has 0 aliphatic carbocycles. The Kier molecular flexibility index (Phi) is 8.26. The van der Waals surface area contributed by atoms with Gasteiger partial charge in [0.2, 0.25) is 0 Å². The zero-order chi connectivity index (χ0) is 20.9. The van der Waals surface area contributed by atoms with E-state index in [-0.39, 0.29) is 18.3 Å². The van der Waals surface area contributed by atoms with Crippen LogP contribution in [-0.4, -0.2) is 62.3 Å². The Morgan fingerprint density at radius 2 is 1.94 bits per heavy atom. The number of nitrogens with zero attached hydrogens (tertiary/aromatic N) is 3. The van der Waals surface area contributed by atoms with E-state index in [0.29, 0.717) is 12.1 Å². The molecule has 0 bridgehead atoms. The summed E-state index contributed by atoms with van der Waals surface area (Å²) < 4.78 is 11.8. The van der Waals surface area contributed by atoms with Crippen LogP contribution in [-0.2, 0) is 4.74 Å². The summed E-state index contributed by atoms with van der Waals surface area (Å²) in [5.74, 6) is 0.706. The molecule has 1 saturated heterocycles. The van der Waals surface area contributed by atoms with Crippen molar-refractivity contribution >= 4 is 45.0 Å². The average molecular weight is 462 g/mol. The summed E-state index contributed by atoms with van der Waals surface area (Å²) in [4.78, 5) is 22.4. The van der Waals surface area contributed by atoms with Gasteiger partial charge in [-0.3, -0.25) is 14.6 Å². The predicted octanol–water partition coefficient (Wildman–Crippen LogP) is 4.40. The lowest BCUT2D eigenvalue weighted by atomic mass is 10.2. The van der Waals surface area contributed by atoms with Crippen LogP contribution < -0.4 is 9.64 Å². The molecule has 1 fully saturated rings. The first-order chi connectivity index (χ1) is 14.7. The number of carbonyl (C=O) groups is 1. The van der Waals surface area contributed by atoms with Crippen LogP contribution in [0.2, 0.25) is 0 Å². The van der Waals surface area contributed by atoms with Gasteiger partial charge < -0.3 is 9.47 Å². The number of hydrogen-bond donors (Lipinski definition) is 0. The van der Waals surface area contributed by atoms with Gasteiger partial charge in [0, 0.05) is 31.7 Å². The van der Waals surface area contributed by atoms with E-state index in [0.717, 1.165) is 65.9 Å². The van der Waals surface area contributed by atoms with Gasteiger partial charge in [-0.25, -0.2) is 4.98 Å². The molecule has 1 amide bonds. The van der Waals surface area contributed by atoms with E-state index in [1.807, 2.05) is 35.2 Å². The molecule has 1 aliphatic heterocycles. The Hall–Kier alpha value is -2.19. The van der Waals surface area contributed by atoms with Gasteiger partial charge >= 0.3 is 0 Å². The number of benzene rings is 2. The van der Waals surface area contributed by atoms with Crippen molar-refractivity contribution in [1.29, 1.82) is 0 Å². The fourth-order valence-corrected chi connectivity index (χ4v) is 4.71. The fourth-order valence-electron chi connectivity index (χ4n) is 3.64. The molecular formula is C23H28ClN3O3S. The van der Waals surface area contributed by atoms with Crippen LogP contribution in [0.5, 0.6) is 5.75 Å². The molecule has 2 aromatic carbocycles. The van der Waals surface area contributed by atoms with Crippen molar-refractivity contribution in [1.82, 2.24) is 9.88 Å². The van der Waals surface area contributed by atoms with Crippen LogP contribution in [0.15, 0.2) is 42.5 Å². The second-order valence-corrected chi connectivity index (χ2v) is 8.42. The van der Waals surface area contributed by atoms with Gasteiger partial charge in [-0.15, -0.1) is 12.4 Å². The summed E-state index contributed by atoms with van der Waals surface area (Å²) in [6.45, 7) is 7.09. The Bertz CT molecular complexity index is 1000. The third kappa shape index (κ3) is 5.54. The van der Waals surface area contributed by atoms with E-state index in [2.05, 4.69) is 24.0 Å². The number of amides is 1. The first-order valence-corrected chi connectivity index (χ1v) is 11.1. The Morgan fingerprint density at radius 3 is 2.61 bits per heavy atom. The van der Waals surface area contributed by atoms with Crippen molar-refractivity contribution in [2.75, 3.05) is 51.4 Å². The van der Waals surface area contributed by atoms with Crippen molar-refractivity contribution < 1.29 is 14.3 Å². The maximum absolute atomic E-state index is 13.4. The summed E-state index contributed by atoms with van der Waals surface area (Å²) in [6, 6.07) is 13.4. The number of rotatable bonds is 7. The summed E-state index contributed by atoms with van der Waals surface area (Å²) in [7, 11) is 1.62. The maximum Gasteiger partial charge on any atom is 0.260 e. The van der Waals surface area contributed by atoms with E-state index < -0.39 is 0 Å². The molecule has 1 aliphatic rings. The summed E-state index contributed by atoms with van der Waals surface area (Å²) >= 11 is 1.57. The van der Waals surface area contributed by atoms with Crippen LogP contribution in [0.4, 0.5) is 5.13 Å². The molecule has 0 N–H and O–H groups in total. The van der Waals surface area contributed by atoms with Gasteiger partial charge in [0.05, 0.1) is 30.5 Å². The number of aryl methyl sites for hydroxylation is 1. The smallest absolute Gasteiger partial charge is 0.260 e. The average Bonchev–Trinajstić information content (AvgIpc) is 3.22. The molecular weight excluding hydrogens is 434 g/mol. The van der Waals surface area contributed by atoms with E-state index in [4.69, 9.17) is 14.5 Å². The number of morpholine rings is 1. The van der Waals surface area contributed by atoms with Gasteiger partial charge in [0.1, 0.15) is 5.75 Å². The molecule has 1 aromatic heterocycles. The van der Waals surface area contributed by atoms with E-state index >= 15 is 0 Å². The van der Waals surface area contributed by atoms with Gasteiger partial charge in [0.25, 0.3) is 5.91 Å². The van der Waals surface area contributed by atoms with Gasteiger partial charge in [-0.2, -0.15) is 0 Å². The number of methoxy groups -OCH3 is 1. The predicted molar refractivity (Wildman–Crippen MR) is 128 cm³/mol. The number of ether oxygens (including phenoxy) is 2. The topological polar surface area (TPSA) is 54.9 Å². The second kappa shape index (κ2) is 10.9. The number of thiazole rings is 1. The molecule has 0 unspecified atom stereocenters. The highest BCUT2D eigenvalue weighted by Gasteiger charge is 2.22. The number of halogens is 1. The van der Waals surface area contributed by atoms with Crippen LogP contribution >= 0.6 is 23.7 Å². The molecule has 8 heteroatoms. The Morgan fingerprint density at radius 1 is 1.19 bits per heavy atom. The molecule has 2 heterocycles. The van der Waals surface area contributed by atoms with E-state index in [1.54, 1.807) is 18.4 Å². The van der Waals surface area contributed by atoms with Crippen LogP contribution in [0.3, 0.4) is 0 Å². The molecule has 3 aromatic rings. The quantitative estimate of drug-likeness (QED) is 0.521. The normalized spacial score (nSPS) is 14.3. The zero-order valence-corrected chi connectivity index (χ0v) is 19.5. The monoisotopic (exact) mass is 461 g/mol. The lowest BCUT2D eigenvalue weighted by Crippen LogP contribution is -2.39. The number of aromatic nitrogens is 1. The highest BCUT2D eigenvalue weighted by atomic mass is 35.5. The number of para-hydroxylation sites is 1. The first kappa shape index (κ1) is 23.5. The maximum atomic E-state index is 13.4. The van der Waals surface area contributed by atoms with Crippen molar-refractivity contribution in [3.63, 3.8) is 0 Å². The lowest BCUT2D eigenvalue weighted by Gasteiger charge is -2.27. The van der Waals surface area contributed by atoms with Gasteiger partial charge in [-0.1, -0.05) is 23.5 Å². The van der Waals surface area contributed by atoms with Gasteiger partial charge in [-0.05, 0) is 49.2 Å². The minimum Gasteiger partial charge on any atom is -0.497 e. The van der Waals surface area contributed by atoms with Crippen molar-refractivity contribution in [3.05, 3.63) is 53.6 Å². The summed E-state index contributed by atoms with van der Waals surface area (Å²) in [6.07, 6.45) is 0.886. The minimum absolute atomic E-state index is 0. The fraction of sp³-hybridized carbons (Fsp3) is 0.391. The van der Waals surface area contributed by atoms with Crippen molar-refractivity contribution in [2.45, 2.75) is 13.3 Å². The van der Waals surface area contributed by atoms with Crippen molar-refractivity contribution in [2.24, 2.45) is 0 Å². The van der Waals surface area contributed by atoms with E-state index in [1.165, 1.54) is 0 Å². The lowest BCUT2D eigenvalue weighted by molar-refractivity contribution is 0.0376. The molecule has 0 atom stereocenters. The SMILES string of the molecule is COc1ccc(C(=O)N(CCCN2CCOCC2)c2nc3c(C)cccc3s2)cc1.Cl. The standard InChI is InChI=1S/C23H27N3O3S.ClH/c1-17-5-3-6-20-21(17)24-23(30-20)26(12-4-11-25-13-15-29-16-14-25)22(27)18-7-9-19(28-2)10-8-18;/h3,5-10H,4,11-16H2,1-2H3;1H. The molecule has 166 valence electrons. The molecule has 31 heavy (non-hydrogen) atoms. The van der Waals surface area contributed by atoms with Crippen LogP contribution in [0, 0.1) is 6.92 Å². The minimum atomic E-state index is -0.0312. The molecule has 0 radical (unpaired) electrons. The highest BCUT2D eigenvalue weighted by molar-refractivity contribution is 7.22. The Labute approximate surface area is 193 Å². The third-order valence-corrected chi connectivity index (χ3v) is 6.43. The Balaban J connectivity index is 0.00000272. The number of carbonyl (C=O) groups excluding carboxylic acids is 1. The molecule has 6 nitrogen and oxygen atoms in total. The molecule has 0 spiro atoms. The van der Waals surface area contributed by atoms with Gasteiger partial charge in [0.15, 0.2) is 5.13 Å². The second-order valence-electron chi connectivity index (χ2n) is 7.41. The number of anilines is 1. The number of fused-ring (bicyclic) bond motifs is 1. The number of hydrogen-bond acceptors (Lipinski definition) is 6. The molecule has 0 saturated carbocycles.